The first kappa shape index (κ1) is 17.1. The molecular formula is C14H22BrN3O2. The third kappa shape index (κ3) is 8.27. The standard InChI is InChI=1S/C14H22BrN3O2/c1-18(2)8-10-20-9-7-16-11-14(19)17-13-5-3-12(15)4-6-13/h3-6,16H,7-11H2,1-2H3,(H,17,19). The van der Waals surface area contributed by atoms with Gasteiger partial charge in [0, 0.05) is 23.2 Å². The molecular weight excluding hydrogens is 322 g/mol. The van der Waals surface area contributed by atoms with Crippen molar-refractivity contribution in [3.8, 4) is 0 Å². The second kappa shape index (κ2) is 9.88. The molecule has 0 heterocycles. The molecule has 0 aromatic heterocycles. The molecule has 2 N–H and O–H groups in total. The van der Waals surface area contributed by atoms with Crippen molar-refractivity contribution in [1.29, 1.82) is 0 Å². The molecule has 1 aromatic rings. The topological polar surface area (TPSA) is 53.6 Å². The zero-order valence-electron chi connectivity index (χ0n) is 12.0. The summed E-state index contributed by atoms with van der Waals surface area (Å²) in [6, 6.07) is 7.49. The molecule has 1 rings (SSSR count). The molecule has 1 aromatic carbocycles. The predicted molar refractivity (Wildman–Crippen MR) is 85.0 cm³/mol. The van der Waals surface area contributed by atoms with E-state index in [1.54, 1.807) is 0 Å². The van der Waals surface area contributed by atoms with Crippen LogP contribution in [0.5, 0.6) is 0 Å². The van der Waals surface area contributed by atoms with Gasteiger partial charge in [-0.1, -0.05) is 15.9 Å². The Morgan fingerprint density at radius 1 is 1.25 bits per heavy atom. The van der Waals surface area contributed by atoms with Crippen LogP contribution in [0.3, 0.4) is 0 Å². The lowest BCUT2D eigenvalue weighted by atomic mass is 10.3. The van der Waals surface area contributed by atoms with Crippen molar-refractivity contribution in [3.63, 3.8) is 0 Å². The fourth-order valence-electron chi connectivity index (χ4n) is 1.43. The molecule has 0 aliphatic rings. The molecule has 6 heteroatoms. The maximum Gasteiger partial charge on any atom is 0.238 e. The number of amides is 1. The molecule has 0 unspecified atom stereocenters. The van der Waals surface area contributed by atoms with E-state index in [9.17, 15) is 4.79 Å². The van der Waals surface area contributed by atoms with Crippen LogP contribution in [-0.2, 0) is 9.53 Å². The molecule has 0 aliphatic heterocycles. The molecule has 0 aliphatic carbocycles. The number of carbonyl (C=O) groups is 1. The molecule has 20 heavy (non-hydrogen) atoms. The van der Waals surface area contributed by atoms with Gasteiger partial charge in [-0.25, -0.2) is 0 Å². The van der Waals surface area contributed by atoms with Gasteiger partial charge in [-0.2, -0.15) is 0 Å². The van der Waals surface area contributed by atoms with Crippen molar-refractivity contribution in [2.75, 3.05) is 52.3 Å². The monoisotopic (exact) mass is 343 g/mol. The van der Waals surface area contributed by atoms with Gasteiger partial charge >= 0.3 is 0 Å². The summed E-state index contributed by atoms with van der Waals surface area (Å²) in [5.74, 6) is -0.0550. The fraction of sp³-hybridized carbons (Fsp3) is 0.500. The van der Waals surface area contributed by atoms with Crippen LogP contribution in [0, 0.1) is 0 Å². The first-order valence-corrected chi connectivity index (χ1v) is 7.36. The summed E-state index contributed by atoms with van der Waals surface area (Å²) in [6.45, 7) is 3.18. The van der Waals surface area contributed by atoms with Crippen LogP contribution in [0.4, 0.5) is 5.69 Å². The number of rotatable bonds is 9. The van der Waals surface area contributed by atoms with Crippen molar-refractivity contribution in [3.05, 3.63) is 28.7 Å². The van der Waals surface area contributed by atoms with Crippen LogP contribution in [-0.4, -0.2) is 57.8 Å². The van der Waals surface area contributed by atoms with Crippen LogP contribution in [0.2, 0.25) is 0 Å². The molecule has 0 fully saturated rings. The Labute approximate surface area is 128 Å². The van der Waals surface area contributed by atoms with E-state index < -0.39 is 0 Å². The zero-order valence-corrected chi connectivity index (χ0v) is 13.6. The van der Waals surface area contributed by atoms with Gasteiger partial charge in [-0.05, 0) is 38.4 Å². The number of hydrogen-bond acceptors (Lipinski definition) is 4. The number of carbonyl (C=O) groups excluding carboxylic acids is 1. The average Bonchev–Trinajstić information content (AvgIpc) is 2.40. The maximum atomic E-state index is 11.6. The van der Waals surface area contributed by atoms with Gasteiger partial charge in [0.05, 0.1) is 19.8 Å². The summed E-state index contributed by atoms with van der Waals surface area (Å²) >= 11 is 3.35. The minimum atomic E-state index is -0.0550. The highest BCUT2D eigenvalue weighted by Gasteiger charge is 2.01. The van der Waals surface area contributed by atoms with Gasteiger partial charge < -0.3 is 20.3 Å². The molecule has 0 bridgehead atoms. The van der Waals surface area contributed by atoms with E-state index in [1.165, 1.54) is 0 Å². The van der Waals surface area contributed by atoms with Crippen molar-refractivity contribution in [1.82, 2.24) is 10.2 Å². The Balaban J connectivity index is 2.04. The second-order valence-electron chi connectivity index (χ2n) is 4.65. The van der Waals surface area contributed by atoms with E-state index in [0.717, 1.165) is 16.7 Å². The number of nitrogens with zero attached hydrogens (tertiary/aromatic N) is 1. The van der Waals surface area contributed by atoms with Crippen LogP contribution in [0.15, 0.2) is 28.7 Å². The summed E-state index contributed by atoms with van der Waals surface area (Å²) in [7, 11) is 4.02. The largest absolute Gasteiger partial charge is 0.379 e. The summed E-state index contributed by atoms with van der Waals surface area (Å²) in [4.78, 5) is 13.7. The summed E-state index contributed by atoms with van der Waals surface area (Å²) < 4.78 is 6.41. The molecule has 0 saturated heterocycles. The Hall–Kier alpha value is -0.950. The van der Waals surface area contributed by atoms with Gasteiger partial charge in [0.1, 0.15) is 0 Å². The van der Waals surface area contributed by atoms with Crippen LogP contribution >= 0.6 is 15.9 Å². The maximum absolute atomic E-state index is 11.6. The number of hydrogen-bond donors (Lipinski definition) is 2. The van der Waals surface area contributed by atoms with Crippen molar-refractivity contribution < 1.29 is 9.53 Å². The number of anilines is 1. The highest BCUT2D eigenvalue weighted by Crippen LogP contribution is 2.13. The number of likely N-dealkylation sites (N-methyl/N-ethyl adjacent to an activating group) is 1. The third-order valence-corrected chi connectivity index (χ3v) is 3.05. The van der Waals surface area contributed by atoms with Crippen molar-refractivity contribution >= 4 is 27.5 Å². The normalized spacial score (nSPS) is 10.8. The average molecular weight is 344 g/mol. The number of benzene rings is 1. The Morgan fingerprint density at radius 3 is 2.60 bits per heavy atom. The van der Waals surface area contributed by atoms with E-state index in [2.05, 4.69) is 31.5 Å². The Bertz CT molecular complexity index is 396. The first-order valence-electron chi connectivity index (χ1n) is 6.56. The summed E-state index contributed by atoms with van der Waals surface area (Å²) in [5.41, 5.74) is 0.794. The Kier molecular flexibility index (Phi) is 8.45. The second-order valence-corrected chi connectivity index (χ2v) is 5.56. The smallest absolute Gasteiger partial charge is 0.238 e. The summed E-state index contributed by atoms with van der Waals surface area (Å²) in [5, 5.41) is 5.86. The van der Waals surface area contributed by atoms with Gasteiger partial charge in [0.2, 0.25) is 5.91 Å². The minimum Gasteiger partial charge on any atom is -0.379 e. The third-order valence-electron chi connectivity index (χ3n) is 2.52. The van der Waals surface area contributed by atoms with Gasteiger partial charge in [0.25, 0.3) is 0 Å². The predicted octanol–water partition coefficient (Wildman–Crippen LogP) is 1.56. The van der Waals surface area contributed by atoms with Gasteiger partial charge in [-0.3, -0.25) is 4.79 Å². The lowest BCUT2D eigenvalue weighted by molar-refractivity contribution is -0.115. The molecule has 5 nitrogen and oxygen atoms in total. The van der Waals surface area contributed by atoms with Crippen LogP contribution in [0.1, 0.15) is 0 Å². The van der Waals surface area contributed by atoms with Gasteiger partial charge in [-0.15, -0.1) is 0 Å². The van der Waals surface area contributed by atoms with Crippen molar-refractivity contribution in [2.45, 2.75) is 0 Å². The van der Waals surface area contributed by atoms with E-state index >= 15 is 0 Å². The quantitative estimate of drug-likeness (QED) is 0.668. The Morgan fingerprint density at radius 2 is 1.95 bits per heavy atom. The number of ether oxygens (including phenoxy) is 1. The van der Waals surface area contributed by atoms with E-state index in [-0.39, 0.29) is 12.5 Å². The lowest BCUT2D eigenvalue weighted by Crippen LogP contribution is -2.31. The van der Waals surface area contributed by atoms with Crippen LogP contribution in [0.25, 0.3) is 0 Å². The SMILES string of the molecule is CN(C)CCOCCNCC(=O)Nc1ccc(Br)cc1. The fourth-order valence-corrected chi connectivity index (χ4v) is 1.70. The molecule has 0 saturated carbocycles. The van der Waals surface area contributed by atoms with E-state index in [1.807, 2.05) is 38.4 Å². The van der Waals surface area contributed by atoms with Crippen molar-refractivity contribution in [2.24, 2.45) is 0 Å². The number of nitrogens with one attached hydrogen (secondary N) is 2. The number of halogens is 1. The minimum absolute atomic E-state index is 0.0550. The lowest BCUT2D eigenvalue weighted by Gasteiger charge is -2.10. The van der Waals surface area contributed by atoms with Gasteiger partial charge in [0.15, 0.2) is 0 Å². The zero-order chi connectivity index (χ0) is 14.8. The molecule has 0 atom stereocenters. The molecule has 112 valence electrons. The highest BCUT2D eigenvalue weighted by molar-refractivity contribution is 9.10. The molecule has 0 spiro atoms. The van der Waals surface area contributed by atoms with Crippen LogP contribution < -0.4 is 10.6 Å². The summed E-state index contributed by atoms with van der Waals surface area (Å²) in [6.07, 6.45) is 0. The highest BCUT2D eigenvalue weighted by atomic mass is 79.9. The molecule has 0 radical (unpaired) electrons. The first-order chi connectivity index (χ1) is 9.58. The molecule has 1 amide bonds. The van der Waals surface area contributed by atoms with E-state index in [0.29, 0.717) is 19.8 Å². The van der Waals surface area contributed by atoms with E-state index in [4.69, 9.17) is 4.74 Å².